The second-order valence-electron chi connectivity index (χ2n) is 8.03. The summed E-state index contributed by atoms with van der Waals surface area (Å²) in [5.41, 5.74) is 2.28. The summed E-state index contributed by atoms with van der Waals surface area (Å²) in [6, 6.07) is 8.57. The third-order valence-corrected chi connectivity index (χ3v) is 5.15. The Hall–Kier alpha value is -3.97. The Morgan fingerprint density at radius 2 is 1.94 bits per heavy atom. The number of aromatic nitrogens is 4. The van der Waals surface area contributed by atoms with E-state index in [9.17, 15) is 9.90 Å². The normalized spacial score (nSPS) is 11.7. The average molecular weight is 465 g/mol. The van der Waals surface area contributed by atoms with Crippen molar-refractivity contribution in [3.63, 3.8) is 0 Å². The minimum atomic E-state index is -1.19. The number of carbonyl (C=O) groups excluding carboxylic acids is 1. The second kappa shape index (κ2) is 10.3. The van der Waals surface area contributed by atoms with Gasteiger partial charge < -0.3 is 19.5 Å². The molecule has 10 nitrogen and oxygen atoms in total. The number of aliphatic hydroxyl groups is 1. The van der Waals surface area contributed by atoms with Crippen LogP contribution in [0.15, 0.2) is 30.5 Å². The van der Waals surface area contributed by atoms with E-state index in [0.717, 1.165) is 0 Å². The summed E-state index contributed by atoms with van der Waals surface area (Å²) >= 11 is 0. The van der Waals surface area contributed by atoms with Crippen LogP contribution >= 0.6 is 0 Å². The topological polar surface area (TPSA) is 126 Å². The van der Waals surface area contributed by atoms with E-state index in [-0.39, 0.29) is 24.1 Å². The molecule has 2 aromatic heterocycles. The van der Waals surface area contributed by atoms with Crippen LogP contribution in [0.25, 0.3) is 5.69 Å². The summed E-state index contributed by atoms with van der Waals surface area (Å²) in [5.74, 6) is -0.104. The molecule has 1 N–H and O–H groups in total. The number of hydrogen-bond acceptors (Lipinski definition) is 9. The SMILES string of the molecule is CCOC(=O)c1nn(-c2cnc(N(C)C)nc2OC)c(C(C)C)c1C(O)c1ccc(C#N)cc1. The van der Waals surface area contributed by atoms with E-state index >= 15 is 0 Å². The summed E-state index contributed by atoms with van der Waals surface area (Å²) in [5, 5.41) is 25.0. The zero-order valence-electron chi connectivity index (χ0n) is 20.1. The van der Waals surface area contributed by atoms with Crippen molar-refractivity contribution in [3.8, 4) is 17.6 Å². The molecular weight excluding hydrogens is 436 g/mol. The van der Waals surface area contributed by atoms with Crippen LogP contribution < -0.4 is 9.64 Å². The molecule has 0 aliphatic carbocycles. The Morgan fingerprint density at radius 3 is 2.47 bits per heavy atom. The molecule has 1 aromatic carbocycles. The van der Waals surface area contributed by atoms with Crippen molar-refractivity contribution < 1.29 is 19.4 Å². The average Bonchev–Trinajstić information content (AvgIpc) is 3.24. The number of nitrogens with zero attached hydrogens (tertiary/aromatic N) is 6. The van der Waals surface area contributed by atoms with E-state index in [4.69, 9.17) is 14.7 Å². The number of hydrogen-bond donors (Lipinski definition) is 1. The number of nitriles is 1. The van der Waals surface area contributed by atoms with Crippen molar-refractivity contribution in [3.05, 3.63) is 58.5 Å². The number of aliphatic hydroxyl groups excluding tert-OH is 1. The number of carbonyl (C=O) groups is 1. The first kappa shape index (κ1) is 24.7. The summed E-state index contributed by atoms with van der Waals surface area (Å²) in [7, 11) is 5.11. The Kier molecular flexibility index (Phi) is 7.48. The quantitative estimate of drug-likeness (QED) is 0.501. The van der Waals surface area contributed by atoms with Crippen molar-refractivity contribution in [1.82, 2.24) is 19.7 Å². The van der Waals surface area contributed by atoms with Crippen LogP contribution in [0.1, 0.15) is 65.7 Å². The number of methoxy groups -OCH3 is 1. The van der Waals surface area contributed by atoms with Crippen molar-refractivity contribution >= 4 is 11.9 Å². The van der Waals surface area contributed by atoms with E-state index < -0.39 is 12.1 Å². The number of ether oxygens (including phenoxy) is 2. The first-order valence-electron chi connectivity index (χ1n) is 10.8. The van der Waals surface area contributed by atoms with Crippen molar-refractivity contribution in [1.29, 1.82) is 5.26 Å². The van der Waals surface area contributed by atoms with Crippen LogP contribution in [0.4, 0.5) is 5.95 Å². The van der Waals surface area contributed by atoms with Gasteiger partial charge in [-0.2, -0.15) is 15.3 Å². The molecule has 3 aromatic rings. The number of anilines is 1. The van der Waals surface area contributed by atoms with Gasteiger partial charge >= 0.3 is 5.97 Å². The third kappa shape index (κ3) is 4.70. The fourth-order valence-corrected chi connectivity index (χ4v) is 3.57. The van der Waals surface area contributed by atoms with Crippen LogP contribution in [0.2, 0.25) is 0 Å². The van der Waals surface area contributed by atoms with Gasteiger partial charge in [0.2, 0.25) is 11.8 Å². The molecule has 1 atom stereocenters. The summed E-state index contributed by atoms with van der Waals surface area (Å²) < 4.78 is 12.3. The summed E-state index contributed by atoms with van der Waals surface area (Å²) in [6.45, 7) is 5.71. The van der Waals surface area contributed by atoms with Gasteiger partial charge in [0.1, 0.15) is 11.8 Å². The molecule has 0 saturated carbocycles. The highest BCUT2D eigenvalue weighted by atomic mass is 16.5. The van der Waals surface area contributed by atoms with Crippen LogP contribution in [0.3, 0.4) is 0 Å². The lowest BCUT2D eigenvalue weighted by Gasteiger charge is -2.18. The number of rotatable bonds is 8. The maximum Gasteiger partial charge on any atom is 0.359 e. The zero-order valence-corrected chi connectivity index (χ0v) is 20.1. The molecule has 0 saturated heterocycles. The van der Waals surface area contributed by atoms with E-state index in [1.807, 2.05) is 27.9 Å². The lowest BCUT2D eigenvalue weighted by Crippen LogP contribution is -2.15. The van der Waals surface area contributed by atoms with Gasteiger partial charge in [-0.3, -0.25) is 0 Å². The van der Waals surface area contributed by atoms with Gasteiger partial charge in [0.15, 0.2) is 5.69 Å². The maximum atomic E-state index is 12.9. The monoisotopic (exact) mass is 464 g/mol. The van der Waals surface area contributed by atoms with Gasteiger partial charge in [-0.1, -0.05) is 26.0 Å². The van der Waals surface area contributed by atoms with Crippen molar-refractivity contribution in [2.24, 2.45) is 0 Å². The molecule has 0 fully saturated rings. The second-order valence-corrected chi connectivity index (χ2v) is 8.03. The van der Waals surface area contributed by atoms with Gasteiger partial charge in [-0.15, -0.1) is 0 Å². The lowest BCUT2D eigenvalue weighted by atomic mass is 9.94. The minimum absolute atomic E-state index is 0.0128. The van der Waals surface area contributed by atoms with Gasteiger partial charge in [-0.05, 0) is 30.5 Å². The van der Waals surface area contributed by atoms with Crippen LogP contribution in [-0.4, -0.2) is 58.6 Å². The largest absolute Gasteiger partial charge is 0.479 e. The van der Waals surface area contributed by atoms with Gasteiger partial charge in [0.05, 0.1) is 37.2 Å². The van der Waals surface area contributed by atoms with E-state index in [1.54, 1.807) is 42.3 Å². The Morgan fingerprint density at radius 1 is 1.26 bits per heavy atom. The lowest BCUT2D eigenvalue weighted by molar-refractivity contribution is 0.0513. The predicted molar refractivity (Wildman–Crippen MR) is 125 cm³/mol. The fraction of sp³-hybridized carbons (Fsp3) is 0.375. The molecular formula is C24H28N6O4. The first-order valence-corrected chi connectivity index (χ1v) is 10.8. The van der Waals surface area contributed by atoms with Crippen LogP contribution in [-0.2, 0) is 4.74 Å². The molecule has 0 bridgehead atoms. The molecule has 0 spiro atoms. The Bertz CT molecular complexity index is 1210. The predicted octanol–water partition coefficient (Wildman–Crippen LogP) is 2.99. The molecule has 34 heavy (non-hydrogen) atoms. The van der Waals surface area contributed by atoms with Gasteiger partial charge in [0.25, 0.3) is 0 Å². The molecule has 3 rings (SSSR count). The Balaban J connectivity index is 2.28. The van der Waals surface area contributed by atoms with Gasteiger partial charge in [-0.25, -0.2) is 14.5 Å². The minimum Gasteiger partial charge on any atom is -0.479 e. The number of esters is 1. The standard InChI is InChI=1S/C24H28N6O4/c1-7-34-23(32)19-18(21(31)16-10-8-15(12-25)9-11-16)20(14(2)3)30(28-19)17-13-26-24(29(4)5)27-22(17)33-6/h8-11,13-14,21,31H,7H2,1-6H3. The number of benzene rings is 1. The highest BCUT2D eigenvalue weighted by molar-refractivity contribution is 5.90. The summed E-state index contributed by atoms with van der Waals surface area (Å²) in [4.78, 5) is 23.4. The van der Waals surface area contributed by atoms with E-state index in [0.29, 0.717) is 34.0 Å². The van der Waals surface area contributed by atoms with Crippen molar-refractivity contribution in [2.75, 3.05) is 32.7 Å². The van der Waals surface area contributed by atoms with Crippen molar-refractivity contribution in [2.45, 2.75) is 32.8 Å². The van der Waals surface area contributed by atoms with Gasteiger partial charge in [0, 0.05) is 19.7 Å². The molecule has 0 aliphatic heterocycles. The first-order chi connectivity index (χ1) is 16.2. The smallest absolute Gasteiger partial charge is 0.359 e. The maximum absolute atomic E-state index is 12.9. The molecule has 10 heteroatoms. The highest BCUT2D eigenvalue weighted by Crippen LogP contribution is 2.36. The molecule has 0 radical (unpaired) electrons. The third-order valence-electron chi connectivity index (χ3n) is 5.15. The zero-order chi connectivity index (χ0) is 25.0. The molecule has 0 aliphatic rings. The highest BCUT2D eigenvalue weighted by Gasteiger charge is 2.32. The summed E-state index contributed by atoms with van der Waals surface area (Å²) in [6.07, 6.45) is 0.374. The molecule has 1 unspecified atom stereocenters. The fourth-order valence-electron chi connectivity index (χ4n) is 3.57. The molecule has 2 heterocycles. The Labute approximate surface area is 198 Å². The van der Waals surface area contributed by atoms with Crippen LogP contribution in [0.5, 0.6) is 5.88 Å². The van der Waals surface area contributed by atoms with E-state index in [2.05, 4.69) is 21.1 Å². The molecule has 178 valence electrons. The molecule has 0 amide bonds. The van der Waals surface area contributed by atoms with E-state index in [1.165, 1.54) is 11.8 Å². The van der Waals surface area contributed by atoms with Crippen LogP contribution in [0, 0.1) is 11.3 Å².